The first kappa shape index (κ1) is 12.7. The van der Waals surface area contributed by atoms with Crippen molar-refractivity contribution in [3.63, 3.8) is 0 Å². The van der Waals surface area contributed by atoms with Gasteiger partial charge in [0.25, 0.3) is 0 Å². The maximum absolute atomic E-state index is 11.0. The molecule has 0 heterocycles. The number of amides is 1. The van der Waals surface area contributed by atoms with Gasteiger partial charge in [0.1, 0.15) is 0 Å². The molecule has 5 N–H and O–H groups in total. The summed E-state index contributed by atoms with van der Waals surface area (Å²) in [5.41, 5.74) is 10.3. The Balaban J connectivity index is 3.21. The monoisotopic (exact) mass is 200 g/mol. The molecule has 0 saturated carbocycles. The molecule has 0 atom stereocenters. The van der Waals surface area contributed by atoms with Gasteiger partial charge in [0.2, 0.25) is 5.91 Å². The van der Waals surface area contributed by atoms with Gasteiger partial charge in [-0.3, -0.25) is 9.79 Å². The van der Waals surface area contributed by atoms with Gasteiger partial charge in [0.05, 0.1) is 0 Å². The maximum atomic E-state index is 11.0. The third-order valence-electron chi connectivity index (χ3n) is 1.68. The van der Waals surface area contributed by atoms with Crippen molar-refractivity contribution in [2.75, 3.05) is 13.1 Å². The van der Waals surface area contributed by atoms with Crippen LogP contribution in [0.25, 0.3) is 0 Å². The summed E-state index contributed by atoms with van der Waals surface area (Å²) in [4.78, 5) is 14.8. The molecule has 0 aliphatic rings. The summed E-state index contributed by atoms with van der Waals surface area (Å²) in [6.07, 6.45) is 3.30. The molecule has 0 bridgehead atoms. The predicted octanol–water partition coefficient (Wildman–Crippen LogP) is -0.0437. The maximum Gasteiger partial charge on any atom is 0.219 e. The molecule has 0 aromatic heterocycles. The molecule has 0 aromatic carbocycles. The Kier molecular flexibility index (Phi) is 7.59. The number of aliphatic imine (C=N–C) groups is 1. The first-order chi connectivity index (χ1) is 6.66. The van der Waals surface area contributed by atoms with Gasteiger partial charge in [-0.2, -0.15) is 0 Å². The summed E-state index contributed by atoms with van der Waals surface area (Å²) in [6.45, 7) is 3.32. The molecule has 0 saturated heterocycles. The minimum absolute atomic E-state index is 0.120. The van der Waals surface area contributed by atoms with Crippen LogP contribution in [0.3, 0.4) is 0 Å². The number of guanidine groups is 1. The van der Waals surface area contributed by atoms with Gasteiger partial charge in [-0.15, -0.1) is 0 Å². The van der Waals surface area contributed by atoms with Crippen molar-refractivity contribution in [2.45, 2.75) is 32.6 Å². The normalized spacial score (nSPS) is 9.50. The van der Waals surface area contributed by atoms with Crippen molar-refractivity contribution < 1.29 is 4.79 Å². The highest BCUT2D eigenvalue weighted by molar-refractivity contribution is 5.76. The van der Waals surface area contributed by atoms with E-state index in [9.17, 15) is 4.79 Å². The molecule has 0 fully saturated rings. The molecule has 0 aliphatic carbocycles. The van der Waals surface area contributed by atoms with Crippen molar-refractivity contribution in [1.29, 1.82) is 0 Å². The van der Waals surface area contributed by atoms with Crippen LogP contribution in [0.5, 0.6) is 0 Å². The number of nitrogens with two attached hydrogens (primary N) is 2. The quantitative estimate of drug-likeness (QED) is 0.306. The number of carbonyl (C=O) groups excluding carboxylic acids is 1. The van der Waals surface area contributed by atoms with Gasteiger partial charge >= 0.3 is 0 Å². The average molecular weight is 200 g/mol. The second-order valence-electron chi connectivity index (χ2n) is 3.11. The van der Waals surface area contributed by atoms with Crippen LogP contribution in [0.2, 0.25) is 0 Å². The topological polar surface area (TPSA) is 93.5 Å². The van der Waals surface area contributed by atoms with E-state index in [-0.39, 0.29) is 11.9 Å². The smallest absolute Gasteiger partial charge is 0.219 e. The number of nitrogens with zero attached hydrogens (tertiary/aromatic N) is 1. The van der Waals surface area contributed by atoms with E-state index in [0.717, 1.165) is 19.3 Å². The van der Waals surface area contributed by atoms with Crippen LogP contribution in [0.15, 0.2) is 4.99 Å². The lowest BCUT2D eigenvalue weighted by molar-refractivity contribution is -0.121. The summed E-state index contributed by atoms with van der Waals surface area (Å²) in [5, 5.41) is 2.82. The molecule has 5 heteroatoms. The first-order valence-corrected chi connectivity index (χ1v) is 4.99. The fourth-order valence-electron chi connectivity index (χ4n) is 0.988. The van der Waals surface area contributed by atoms with Gasteiger partial charge in [-0.1, -0.05) is 6.92 Å². The number of rotatable bonds is 7. The van der Waals surface area contributed by atoms with E-state index in [1.165, 1.54) is 0 Å². The third-order valence-corrected chi connectivity index (χ3v) is 1.68. The third kappa shape index (κ3) is 8.83. The van der Waals surface area contributed by atoms with Crippen LogP contribution in [-0.2, 0) is 4.79 Å². The highest BCUT2D eigenvalue weighted by atomic mass is 16.1. The van der Waals surface area contributed by atoms with Crippen LogP contribution in [0.1, 0.15) is 32.6 Å². The highest BCUT2D eigenvalue weighted by Gasteiger charge is 1.96. The van der Waals surface area contributed by atoms with Gasteiger partial charge in [-0.25, -0.2) is 0 Å². The summed E-state index contributed by atoms with van der Waals surface area (Å²) < 4.78 is 0. The van der Waals surface area contributed by atoms with Crippen LogP contribution in [-0.4, -0.2) is 25.0 Å². The highest BCUT2D eigenvalue weighted by Crippen LogP contribution is 1.89. The molecule has 1 amide bonds. The van der Waals surface area contributed by atoms with Gasteiger partial charge in [-0.05, 0) is 19.3 Å². The lowest BCUT2D eigenvalue weighted by Crippen LogP contribution is -2.24. The minimum Gasteiger partial charge on any atom is -0.370 e. The van der Waals surface area contributed by atoms with Crippen molar-refractivity contribution >= 4 is 11.9 Å². The summed E-state index contributed by atoms with van der Waals surface area (Å²) in [7, 11) is 0. The standard InChI is InChI=1S/C9H20N4O/c1-2-5-8(14)12-6-3-4-7-13-9(10)11/h2-7H2,1H3,(H,12,14)(H4,10,11,13). The van der Waals surface area contributed by atoms with E-state index in [1.54, 1.807) is 0 Å². The Hall–Kier alpha value is -1.26. The largest absolute Gasteiger partial charge is 0.370 e. The Bertz CT molecular complexity index is 187. The molecular formula is C9H20N4O. The van der Waals surface area contributed by atoms with Crippen LogP contribution in [0, 0.1) is 0 Å². The molecular weight excluding hydrogens is 180 g/mol. The molecule has 0 unspecified atom stereocenters. The Morgan fingerprint density at radius 1 is 1.36 bits per heavy atom. The van der Waals surface area contributed by atoms with E-state index >= 15 is 0 Å². The Morgan fingerprint density at radius 2 is 2.07 bits per heavy atom. The average Bonchev–Trinajstić information content (AvgIpc) is 2.11. The van der Waals surface area contributed by atoms with E-state index in [1.807, 2.05) is 6.92 Å². The number of hydrogen-bond donors (Lipinski definition) is 3. The van der Waals surface area contributed by atoms with Crippen molar-refractivity contribution in [3.05, 3.63) is 0 Å². The van der Waals surface area contributed by atoms with E-state index in [0.29, 0.717) is 19.5 Å². The number of unbranched alkanes of at least 4 members (excludes halogenated alkanes) is 1. The van der Waals surface area contributed by atoms with Gasteiger partial charge in [0.15, 0.2) is 5.96 Å². The molecule has 0 aromatic rings. The van der Waals surface area contributed by atoms with Crippen LogP contribution < -0.4 is 16.8 Å². The fourth-order valence-corrected chi connectivity index (χ4v) is 0.988. The predicted molar refractivity (Wildman–Crippen MR) is 57.8 cm³/mol. The van der Waals surface area contributed by atoms with Gasteiger partial charge in [0, 0.05) is 19.5 Å². The molecule has 0 spiro atoms. The van der Waals surface area contributed by atoms with Crippen LogP contribution in [0.4, 0.5) is 0 Å². The second-order valence-corrected chi connectivity index (χ2v) is 3.11. The number of nitrogens with one attached hydrogen (secondary N) is 1. The van der Waals surface area contributed by atoms with Gasteiger partial charge < -0.3 is 16.8 Å². The fraction of sp³-hybridized carbons (Fsp3) is 0.778. The van der Waals surface area contributed by atoms with Crippen LogP contribution >= 0.6 is 0 Å². The number of carbonyl (C=O) groups is 1. The van der Waals surface area contributed by atoms with E-state index < -0.39 is 0 Å². The molecule has 0 aliphatic heterocycles. The molecule has 0 rings (SSSR count). The van der Waals surface area contributed by atoms with Crippen molar-refractivity contribution in [3.8, 4) is 0 Å². The molecule has 82 valence electrons. The summed E-state index contributed by atoms with van der Waals surface area (Å²) >= 11 is 0. The zero-order valence-electron chi connectivity index (χ0n) is 8.75. The van der Waals surface area contributed by atoms with Crippen molar-refractivity contribution in [2.24, 2.45) is 16.5 Å². The lowest BCUT2D eigenvalue weighted by atomic mass is 10.3. The summed E-state index contributed by atoms with van der Waals surface area (Å²) in [5.74, 6) is 0.245. The molecule has 0 radical (unpaired) electrons. The number of hydrogen-bond acceptors (Lipinski definition) is 2. The first-order valence-electron chi connectivity index (χ1n) is 4.99. The SMILES string of the molecule is CCCC(=O)NCCCCN=C(N)N. The zero-order chi connectivity index (χ0) is 10.8. The lowest BCUT2D eigenvalue weighted by Gasteiger charge is -2.02. The van der Waals surface area contributed by atoms with E-state index in [4.69, 9.17) is 11.5 Å². The minimum atomic E-state index is 0.120. The second kappa shape index (κ2) is 8.34. The summed E-state index contributed by atoms with van der Waals surface area (Å²) in [6, 6.07) is 0. The molecule has 5 nitrogen and oxygen atoms in total. The Labute approximate surface area is 84.9 Å². The van der Waals surface area contributed by atoms with E-state index in [2.05, 4.69) is 10.3 Å². The molecule has 14 heavy (non-hydrogen) atoms. The zero-order valence-corrected chi connectivity index (χ0v) is 8.75. The Morgan fingerprint density at radius 3 is 2.64 bits per heavy atom. The van der Waals surface area contributed by atoms with Crippen molar-refractivity contribution in [1.82, 2.24) is 5.32 Å².